The van der Waals surface area contributed by atoms with E-state index in [4.69, 9.17) is 16.0 Å². The fourth-order valence-electron chi connectivity index (χ4n) is 4.91. The van der Waals surface area contributed by atoms with Gasteiger partial charge in [0.1, 0.15) is 18.1 Å². The number of carbonyl (C=O) groups is 1. The maximum atomic E-state index is 12.0. The second-order valence-electron chi connectivity index (χ2n) is 8.85. The first-order valence-electron chi connectivity index (χ1n) is 12.0. The number of benzene rings is 1. The summed E-state index contributed by atoms with van der Waals surface area (Å²) >= 11 is 0. The van der Waals surface area contributed by atoms with Gasteiger partial charge in [-0.1, -0.05) is 31.9 Å². The zero-order chi connectivity index (χ0) is 23.9. The summed E-state index contributed by atoms with van der Waals surface area (Å²) in [7, 11) is 0. The van der Waals surface area contributed by atoms with Gasteiger partial charge in [0.25, 0.3) is 0 Å². The number of rotatable bonds is 6. The summed E-state index contributed by atoms with van der Waals surface area (Å²) in [4.78, 5) is 20.9. The predicted octanol–water partition coefficient (Wildman–Crippen LogP) is 3.32. The molecule has 1 aliphatic heterocycles. The molecule has 178 valence electrons. The molecule has 8 nitrogen and oxygen atoms in total. The number of anilines is 1. The number of nitrogens with two attached hydrogens (primary N) is 1. The molecular weight excluding hydrogens is 426 g/mol. The zero-order valence-corrected chi connectivity index (χ0v) is 19.6. The van der Waals surface area contributed by atoms with Crippen LogP contribution in [0.15, 0.2) is 60.1 Å². The minimum absolute atomic E-state index is 0.0594. The lowest BCUT2D eigenvalue weighted by molar-refractivity contribution is -0.130. The van der Waals surface area contributed by atoms with E-state index in [0.717, 1.165) is 42.5 Å². The number of nitriles is 1. The molecule has 1 aromatic heterocycles. The molecule has 4 rings (SSSR count). The summed E-state index contributed by atoms with van der Waals surface area (Å²) in [5.74, 6) is 1.26. The lowest BCUT2D eigenvalue weighted by Crippen LogP contribution is -2.48. The van der Waals surface area contributed by atoms with Crippen LogP contribution in [0.1, 0.15) is 38.5 Å². The highest BCUT2D eigenvalue weighted by Crippen LogP contribution is 2.29. The largest absolute Gasteiger partial charge is 0.404 e. The molecule has 0 radical (unpaired) electrons. The maximum Gasteiger partial charge on any atom is 0.236 e. The molecule has 3 N–H and O–H groups in total. The van der Waals surface area contributed by atoms with Gasteiger partial charge in [-0.3, -0.25) is 4.79 Å². The van der Waals surface area contributed by atoms with Gasteiger partial charge in [-0.15, -0.1) is 0 Å². The van der Waals surface area contributed by atoms with E-state index in [9.17, 15) is 4.79 Å². The van der Waals surface area contributed by atoms with E-state index < -0.39 is 0 Å². The summed E-state index contributed by atoms with van der Waals surface area (Å²) in [5.41, 5.74) is 7.91. The van der Waals surface area contributed by atoms with Crippen LogP contribution in [-0.4, -0.2) is 53.4 Å². The predicted molar refractivity (Wildman–Crippen MR) is 136 cm³/mol. The Balaban J connectivity index is 1.54. The van der Waals surface area contributed by atoms with Crippen LogP contribution in [0.4, 0.5) is 5.69 Å². The second-order valence-corrected chi connectivity index (χ2v) is 8.85. The Bertz CT molecular complexity index is 1130. The number of amides is 1. The third kappa shape index (κ3) is 5.25. The van der Waals surface area contributed by atoms with Gasteiger partial charge >= 0.3 is 0 Å². The van der Waals surface area contributed by atoms with Gasteiger partial charge in [-0.25, -0.2) is 4.99 Å². The molecule has 1 aromatic carbocycles. The molecule has 1 saturated heterocycles. The average Bonchev–Trinajstić information content (AvgIpc) is 3.29. The van der Waals surface area contributed by atoms with Crippen LogP contribution in [-0.2, 0) is 4.79 Å². The number of aromatic nitrogens is 1. The number of fused-ring (bicyclic) bond motifs is 1. The number of allylic oxidation sites excluding steroid dienone is 1. The number of nitrogens with zero attached hydrogens (tertiary/aromatic N) is 5. The van der Waals surface area contributed by atoms with Gasteiger partial charge in [0.15, 0.2) is 0 Å². The topological polar surface area (TPSA) is 103 Å². The molecule has 2 aromatic rings. The SMILES string of the molecule is C=C(N=C(/C=C\N)n1ccc2c(N3CCN(C(=O)CC#N)CC3)cccc21)NC1CCCCC1. The van der Waals surface area contributed by atoms with Crippen molar-refractivity contribution in [2.24, 2.45) is 10.7 Å². The third-order valence-electron chi connectivity index (χ3n) is 6.63. The summed E-state index contributed by atoms with van der Waals surface area (Å²) in [5, 5.41) is 13.4. The highest BCUT2D eigenvalue weighted by molar-refractivity contribution is 6.04. The van der Waals surface area contributed by atoms with Gasteiger partial charge in [0.05, 0.1) is 11.6 Å². The molecule has 2 fully saturated rings. The van der Waals surface area contributed by atoms with E-state index in [1.54, 1.807) is 11.0 Å². The average molecular weight is 460 g/mol. The molecular formula is C26H33N7O. The van der Waals surface area contributed by atoms with Crippen molar-refractivity contribution >= 4 is 28.3 Å². The normalized spacial score (nSPS) is 17.8. The molecule has 0 atom stereocenters. The number of piperazine rings is 1. The van der Waals surface area contributed by atoms with E-state index in [2.05, 4.69) is 35.0 Å². The van der Waals surface area contributed by atoms with Gasteiger partial charge in [-0.2, -0.15) is 5.26 Å². The van der Waals surface area contributed by atoms with Crippen molar-refractivity contribution in [3.05, 3.63) is 55.1 Å². The van der Waals surface area contributed by atoms with E-state index in [-0.39, 0.29) is 12.3 Å². The third-order valence-corrected chi connectivity index (χ3v) is 6.63. The standard InChI is InChI=1S/C26H33N7O/c1-20(29-21-6-3-2-4-7-21)30-25(10-13-27)33-15-12-22-23(8-5-9-24(22)33)31-16-18-32(19-17-31)26(34)11-14-28/h5,8-10,12-13,15,21,29H,1-4,6-7,11,16-19,27H2/b13-10-,30-25?. The van der Waals surface area contributed by atoms with Crippen LogP contribution in [0.5, 0.6) is 0 Å². The van der Waals surface area contributed by atoms with Gasteiger partial charge in [-0.05, 0) is 43.3 Å². The molecule has 8 heteroatoms. The summed E-state index contributed by atoms with van der Waals surface area (Å²) in [6.45, 7) is 6.83. The number of hydrogen-bond donors (Lipinski definition) is 2. The lowest BCUT2D eigenvalue weighted by atomic mass is 9.96. The van der Waals surface area contributed by atoms with E-state index in [1.807, 2.05) is 22.9 Å². The van der Waals surface area contributed by atoms with Crippen LogP contribution >= 0.6 is 0 Å². The summed E-state index contributed by atoms with van der Waals surface area (Å²) in [6.07, 6.45) is 11.3. The Kier molecular flexibility index (Phi) is 7.53. The Morgan fingerprint density at radius 3 is 2.68 bits per heavy atom. The second kappa shape index (κ2) is 10.9. The molecule has 1 amide bonds. The minimum atomic E-state index is -0.0944. The van der Waals surface area contributed by atoms with Gasteiger partial charge < -0.3 is 25.4 Å². The van der Waals surface area contributed by atoms with Crippen molar-refractivity contribution in [3.63, 3.8) is 0 Å². The molecule has 0 bridgehead atoms. The Morgan fingerprint density at radius 1 is 1.21 bits per heavy atom. The molecule has 1 aliphatic carbocycles. The summed E-state index contributed by atoms with van der Waals surface area (Å²) < 4.78 is 2.03. The van der Waals surface area contributed by atoms with Crippen molar-refractivity contribution in [3.8, 4) is 6.07 Å². The van der Waals surface area contributed by atoms with Crippen LogP contribution in [0.3, 0.4) is 0 Å². The van der Waals surface area contributed by atoms with Crippen molar-refractivity contribution in [1.29, 1.82) is 5.26 Å². The van der Waals surface area contributed by atoms with Crippen molar-refractivity contribution in [1.82, 2.24) is 14.8 Å². The summed E-state index contributed by atoms with van der Waals surface area (Å²) in [6, 6.07) is 10.7. The first-order valence-corrected chi connectivity index (χ1v) is 12.0. The van der Waals surface area contributed by atoms with E-state index in [1.165, 1.54) is 25.5 Å². The van der Waals surface area contributed by atoms with Gasteiger partial charge in [0, 0.05) is 49.5 Å². The molecule has 0 spiro atoms. The molecule has 2 aliphatic rings. The Labute approximate surface area is 201 Å². The number of hydrogen-bond acceptors (Lipinski definition) is 6. The number of aliphatic imine (C=N–C) groups is 1. The smallest absolute Gasteiger partial charge is 0.236 e. The molecule has 34 heavy (non-hydrogen) atoms. The maximum absolute atomic E-state index is 12.0. The van der Waals surface area contributed by atoms with Gasteiger partial charge in [0.2, 0.25) is 5.91 Å². The van der Waals surface area contributed by atoms with E-state index in [0.29, 0.717) is 30.8 Å². The quantitative estimate of drug-likeness (QED) is 0.510. The van der Waals surface area contributed by atoms with Crippen LogP contribution < -0.4 is 16.0 Å². The molecule has 0 unspecified atom stereocenters. The zero-order valence-electron chi connectivity index (χ0n) is 19.6. The monoisotopic (exact) mass is 459 g/mol. The lowest BCUT2D eigenvalue weighted by Gasteiger charge is -2.36. The fraction of sp³-hybridized carbons (Fsp3) is 0.423. The van der Waals surface area contributed by atoms with Crippen LogP contribution in [0.25, 0.3) is 10.9 Å². The van der Waals surface area contributed by atoms with Crippen LogP contribution in [0, 0.1) is 11.3 Å². The van der Waals surface area contributed by atoms with Crippen LogP contribution in [0.2, 0.25) is 0 Å². The van der Waals surface area contributed by atoms with Crippen molar-refractivity contribution in [2.75, 3.05) is 31.1 Å². The Morgan fingerprint density at radius 2 is 1.97 bits per heavy atom. The Hall–Kier alpha value is -3.73. The highest BCUT2D eigenvalue weighted by atomic mass is 16.2. The fourth-order valence-corrected chi connectivity index (χ4v) is 4.91. The molecule has 1 saturated carbocycles. The highest BCUT2D eigenvalue weighted by Gasteiger charge is 2.22. The molecule has 2 heterocycles. The first kappa shape index (κ1) is 23.4. The first-order chi connectivity index (χ1) is 16.6. The van der Waals surface area contributed by atoms with E-state index >= 15 is 0 Å². The van der Waals surface area contributed by atoms with Crippen molar-refractivity contribution in [2.45, 2.75) is 44.6 Å². The minimum Gasteiger partial charge on any atom is -0.404 e. The van der Waals surface area contributed by atoms with Crippen molar-refractivity contribution < 1.29 is 4.79 Å². The number of carbonyl (C=O) groups excluding carboxylic acids is 1. The number of nitrogens with one attached hydrogen (secondary N) is 1.